The molecule has 2 atom stereocenters. The van der Waals surface area contributed by atoms with Gasteiger partial charge in [0, 0.05) is 18.2 Å². The molecule has 2 unspecified atom stereocenters. The monoisotopic (exact) mass is 223 g/mol. The van der Waals surface area contributed by atoms with Crippen molar-refractivity contribution in [2.45, 2.75) is 32.4 Å². The van der Waals surface area contributed by atoms with Gasteiger partial charge >= 0.3 is 0 Å². The molecule has 5 nitrogen and oxygen atoms in total. The van der Waals surface area contributed by atoms with Crippen molar-refractivity contribution in [3.05, 3.63) is 34.2 Å². The first-order valence-electron chi connectivity index (χ1n) is 5.25. The van der Waals surface area contributed by atoms with Gasteiger partial charge in [0.15, 0.2) is 0 Å². The number of rotatable bonds is 4. The summed E-state index contributed by atoms with van der Waals surface area (Å²) in [6, 6.07) is 4.49. The van der Waals surface area contributed by atoms with Gasteiger partial charge < -0.3 is 16.0 Å². The van der Waals surface area contributed by atoms with Gasteiger partial charge in [-0.05, 0) is 26.3 Å². The van der Waals surface area contributed by atoms with Crippen molar-refractivity contribution in [3.63, 3.8) is 0 Å². The topological polar surface area (TPSA) is 88.0 Å². The van der Waals surface area contributed by atoms with Crippen LogP contribution >= 0.6 is 0 Å². The zero-order valence-corrected chi connectivity index (χ0v) is 9.49. The van der Waals surface area contributed by atoms with Crippen LogP contribution in [0, 0.1) is 0 Å². The molecule has 16 heavy (non-hydrogen) atoms. The largest absolute Gasteiger partial charge is 0.348 e. The zero-order valence-electron chi connectivity index (χ0n) is 9.49. The quantitative estimate of drug-likeness (QED) is 0.682. The summed E-state index contributed by atoms with van der Waals surface area (Å²) >= 11 is 0. The number of carbonyl (C=O) groups is 1. The smallest absolute Gasteiger partial charge is 0.268 e. The molecule has 1 heterocycles. The molecule has 0 aliphatic heterocycles. The van der Waals surface area contributed by atoms with Crippen molar-refractivity contribution in [2.24, 2.45) is 5.73 Å². The molecule has 0 aliphatic carbocycles. The van der Waals surface area contributed by atoms with Crippen molar-refractivity contribution in [3.8, 4) is 0 Å². The van der Waals surface area contributed by atoms with Gasteiger partial charge in [-0.1, -0.05) is 6.07 Å². The minimum absolute atomic E-state index is 0.0174. The van der Waals surface area contributed by atoms with Crippen LogP contribution in [-0.4, -0.2) is 23.0 Å². The summed E-state index contributed by atoms with van der Waals surface area (Å²) in [5.41, 5.74) is 5.61. The number of H-pyrrole nitrogens is 1. The Bertz CT molecular complexity index is 412. The molecule has 0 fully saturated rings. The van der Waals surface area contributed by atoms with Gasteiger partial charge in [-0.25, -0.2) is 0 Å². The van der Waals surface area contributed by atoms with Crippen molar-refractivity contribution in [2.75, 3.05) is 0 Å². The maximum atomic E-state index is 11.7. The molecule has 1 amide bonds. The van der Waals surface area contributed by atoms with E-state index in [4.69, 9.17) is 5.73 Å². The number of amides is 1. The first kappa shape index (κ1) is 12.4. The standard InChI is InChI=1S/C11H17N3O2/c1-7(12)6-8(2)13-11(16)9-4-3-5-10(15)14-9/h3-5,7-8H,6,12H2,1-2H3,(H,13,16)(H,14,15). The summed E-state index contributed by atoms with van der Waals surface area (Å²) in [5, 5.41) is 2.77. The van der Waals surface area contributed by atoms with Crippen LogP contribution in [0.3, 0.4) is 0 Å². The lowest BCUT2D eigenvalue weighted by molar-refractivity contribution is 0.0932. The number of carbonyl (C=O) groups excluding carboxylic acids is 1. The Hall–Kier alpha value is -1.62. The van der Waals surface area contributed by atoms with E-state index in [0.717, 1.165) is 0 Å². The van der Waals surface area contributed by atoms with Gasteiger partial charge in [0.1, 0.15) is 5.69 Å². The molecule has 88 valence electrons. The fourth-order valence-corrected chi connectivity index (χ4v) is 1.50. The summed E-state index contributed by atoms with van der Waals surface area (Å²) in [5.74, 6) is -0.286. The third-order valence-corrected chi connectivity index (χ3v) is 2.12. The molecule has 5 heteroatoms. The Morgan fingerprint density at radius 1 is 1.50 bits per heavy atom. The van der Waals surface area contributed by atoms with Crippen LogP contribution in [-0.2, 0) is 0 Å². The van der Waals surface area contributed by atoms with Crippen molar-refractivity contribution >= 4 is 5.91 Å². The van der Waals surface area contributed by atoms with Crippen LogP contribution in [0.2, 0.25) is 0 Å². The van der Waals surface area contributed by atoms with E-state index in [1.54, 1.807) is 12.1 Å². The van der Waals surface area contributed by atoms with Gasteiger partial charge in [-0.2, -0.15) is 0 Å². The van der Waals surface area contributed by atoms with E-state index >= 15 is 0 Å². The highest BCUT2D eigenvalue weighted by molar-refractivity contribution is 5.92. The second kappa shape index (κ2) is 5.46. The molecule has 0 aliphatic rings. The molecular weight excluding hydrogens is 206 g/mol. The fourth-order valence-electron chi connectivity index (χ4n) is 1.50. The minimum atomic E-state index is -0.286. The van der Waals surface area contributed by atoms with E-state index in [2.05, 4.69) is 10.3 Å². The first-order valence-corrected chi connectivity index (χ1v) is 5.25. The lowest BCUT2D eigenvalue weighted by atomic mass is 10.1. The predicted molar refractivity (Wildman–Crippen MR) is 62.3 cm³/mol. The number of hydrogen-bond acceptors (Lipinski definition) is 3. The van der Waals surface area contributed by atoms with E-state index < -0.39 is 0 Å². The minimum Gasteiger partial charge on any atom is -0.348 e. The number of aromatic amines is 1. The van der Waals surface area contributed by atoms with E-state index in [0.29, 0.717) is 6.42 Å². The van der Waals surface area contributed by atoms with Gasteiger partial charge in [0.25, 0.3) is 5.91 Å². The summed E-state index contributed by atoms with van der Waals surface area (Å²) in [6.07, 6.45) is 0.697. The molecule has 0 radical (unpaired) electrons. The molecule has 4 N–H and O–H groups in total. The summed E-state index contributed by atoms with van der Waals surface area (Å²) < 4.78 is 0. The van der Waals surface area contributed by atoms with E-state index in [1.165, 1.54) is 6.07 Å². The molecule has 1 aromatic heterocycles. The molecule has 0 aromatic carbocycles. The predicted octanol–water partition coefficient (Wildman–Crippen LogP) is 0.231. The van der Waals surface area contributed by atoms with E-state index in [9.17, 15) is 9.59 Å². The van der Waals surface area contributed by atoms with Crippen LogP contribution in [0.15, 0.2) is 23.0 Å². The maximum absolute atomic E-state index is 11.7. The number of aromatic nitrogens is 1. The SMILES string of the molecule is CC(N)CC(C)NC(=O)c1cccc(=O)[nH]1. The van der Waals surface area contributed by atoms with Crippen LogP contribution in [0.4, 0.5) is 0 Å². The highest BCUT2D eigenvalue weighted by atomic mass is 16.2. The fraction of sp³-hybridized carbons (Fsp3) is 0.455. The average molecular weight is 223 g/mol. The Morgan fingerprint density at radius 2 is 2.19 bits per heavy atom. The van der Waals surface area contributed by atoms with Crippen LogP contribution in [0.5, 0.6) is 0 Å². The highest BCUT2D eigenvalue weighted by Crippen LogP contribution is 1.97. The molecule has 0 spiro atoms. The Morgan fingerprint density at radius 3 is 2.75 bits per heavy atom. The molecule has 0 bridgehead atoms. The number of hydrogen-bond donors (Lipinski definition) is 3. The van der Waals surface area contributed by atoms with Crippen molar-refractivity contribution < 1.29 is 4.79 Å². The van der Waals surface area contributed by atoms with Crippen molar-refractivity contribution in [1.82, 2.24) is 10.3 Å². The summed E-state index contributed by atoms with van der Waals surface area (Å²) in [7, 11) is 0. The summed E-state index contributed by atoms with van der Waals surface area (Å²) in [4.78, 5) is 25.1. The average Bonchev–Trinajstić information content (AvgIpc) is 2.16. The normalized spacial score (nSPS) is 14.2. The Labute approximate surface area is 94.1 Å². The Kier molecular flexibility index (Phi) is 4.25. The second-order valence-corrected chi connectivity index (χ2v) is 4.02. The molecule has 0 saturated heterocycles. The number of pyridine rings is 1. The van der Waals surface area contributed by atoms with E-state index in [-0.39, 0.29) is 29.2 Å². The van der Waals surface area contributed by atoms with Crippen LogP contribution in [0.1, 0.15) is 30.8 Å². The zero-order chi connectivity index (χ0) is 12.1. The third kappa shape index (κ3) is 3.86. The molecule has 1 rings (SSSR count). The van der Waals surface area contributed by atoms with Gasteiger partial charge in [-0.15, -0.1) is 0 Å². The van der Waals surface area contributed by atoms with Gasteiger partial charge in [-0.3, -0.25) is 9.59 Å². The first-order chi connectivity index (χ1) is 7.49. The van der Waals surface area contributed by atoms with Crippen LogP contribution < -0.4 is 16.6 Å². The molecular formula is C11H17N3O2. The second-order valence-electron chi connectivity index (χ2n) is 4.02. The number of nitrogens with two attached hydrogens (primary N) is 1. The highest BCUT2D eigenvalue weighted by Gasteiger charge is 2.11. The summed E-state index contributed by atoms with van der Waals surface area (Å²) in [6.45, 7) is 3.76. The molecule has 1 aromatic rings. The van der Waals surface area contributed by atoms with Gasteiger partial charge in [0.2, 0.25) is 5.56 Å². The third-order valence-electron chi connectivity index (χ3n) is 2.12. The van der Waals surface area contributed by atoms with Gasteiger partial charge in [0.05, 0.1) is 0 Å². The maximum Gasteiger partial charge on any atom is 0.268 e. The lowest BCUT2D eigenvalue weighted by Gasteiger charge is -2.15. The van der Waals surface area contributed by atoms with Crippen molar-refractivity contribution in [1.29, 1.82) is 0 Å². The van der Waals surface area contributed by atoms with E-state index in [1.807, 2.05) is 13.8 Å². The van der Waals surface area contributed by atoms with Crippen LogP contribution in [0.25, 0.3) is 0 Å². The molecule has 0 saturated carbocycles. The Balaban J connectivity index is 2.62. The lowest BCUT2D eigenvalue weighted by Crippen LogP contribution is -2.37. The number of nitrogens with one attached hydrogen (secondary N) is 2.